The zero-order valence-electron chi connectivity index (χ0n) is 10.7. The van der Waals surface area contributed by atoms with Crippen LogP contribution in [-0.4, -0.2) is 31.7 Å². The third kappa shape index (κ3) is 4.99. The molecule has 1 aliphatic rings. The van der Waals surface area contributed by atoms with Crippen LogP contribution in [0.2, 0.25) is 5.02 Å². The Morgan fingerprint density at radius 1 is 1.58 bits per heavy atom. The number of halogens is 2. The molecule has 1 atom stereocenters. The quantitative estimate of drug-likeness (QED) is 0.901. The van der Waals surface area contributed by atoms with E-state index in [0.717, 1.165) is 12.1 Å². The van der Waals surface area contributed by atoms with Crippen LogP contribution in [0.15, 0.2) is 18.2 Å². The molecular weight excluding hydrogens is 287 g/mol. The van der Waals surface area contributed by atoms with Crippen LogP contribution in [0.5, 0.6) is 0 Å². The number of morpholine rings is 1. The van der Waals surface area contributed by atoms with E-state index in [2.05, 4.69) is 10.6 Å². The molecule has 0 bridgehead atoms. The van der Waals surface area contributed by atoms with Gasteiger partial charge in [0.2, 0.25) is 5.91 Å². The molecule has 2 rings (SSSR count). The lowest BCUT2D eigenvalue weighted by atomic mass is 10.1. The lowest BCUT2D eigenvalue weighted by Crippen LogP contribution is -2.43. The Balaban J connectivity index is 0.00000180. The number of nitrogens with one attached hydrogen (secondary N) is 2. The Labute approximate surface area is 124 Å². The van der Waals surface area contributed by atoms with Crippen LogP contribution in [0.1, 0.15) is 12.0 Å². The van der Waals surface area contributed by atoms with Crippen molar-refractivity contribution in [2.75, 3.05) is 25.1 Å². The largest absolute Gasteiger partial charge is 0.378 e. The molecule has 1 saturated heterocycles. The van der Waals surface area contributed by atoms with Crippen molar-refractivity contribution < 1.29 is 9.53 Å². The highest BCUT2D eigenvalue weighted by atomic mass is 35.5. The van der Waals surface area contributed by atoms with E-state index in [1.54, 1.807) is 6.07 Å². The summed E-state index contributed by atoms with van der Waals surface area (Å²) in [6, 6.07) is 5.65. The van der Waals surface area contributed by atoms with Crippen molar-refractivity contribution >= 4 is 35.6 Å². The zero-order chi connectivity index (χ0) is 13.0. The van der Waals surface area contributed by atoms with E-state index in [4.69, 9.17) is 16.3 Å². The molecular formula is C13H18Cl2N2O2. The minimum atomic E-state index is -0.0505. The molecule has 2 N–H and O–H groups in total. The summed E-state index contributed by atoms with van der Waals surface area (Å²) >= 11 is 6.03. The maximum atomic E-state index is 11.9. The van der Waals surface area contributed by atoms with Gasteiger partial charge in [-0.3, -0.25) is 4.79 Å². The maximum Gasteiger partial charge on any atom is 0.226 e. The molecule has 19 heavy (non-hydrogen) atoms. The molecule has 106 valence electrons. The van der Waals surface area contributed by atoms with Gasteiger partial charge in [-0.25, -0.2) is 0 Å². The van der Waals surface area contributed by atoms with E-state index in [9.17, 15) is 4.79 Å². The Hall–Kier alpha value is -0.810. The Morgan fingerprint density at radius 3 is 3.05 bits per heavy atom. The van der Waals surface area contributed by atoms with Gasteiger partial charge in [-0.05, 0) is 24.6 Å². The van der Waals surface area contributed by atoms with Gasteiger partial charge in [-0.2, -0.15) is 0 Å². The van der Waals surface area contributed by atoms with Crippen molar-refractivity contribution in [2.24, 2.45) is 0 Å². The topological polar surface area (TPSA) is 50.4 Å². The summed E-state index contributed by atoms with van der Waals surface area (Å²) < 4.78 is 5.31. The second-order valence-electron chi connectivity index (χ2n) is 4.46. The van der Waals surface area contributed by atoms with Crippen molar-refractivity contribution in [1.82, 2.24) is 5.32 Å². The number of hydrogen-bond donors (Lipinski definition) is 2. The molecule has 1 heterocycles. The van der Waals surface area contributed by atoms with E-state index in [-0.39, 0.29) is 24.4 Å². The van der Waals surface area contributed by atoms with Crippen LogP contribution in [0.4, 0.5) is 5.69 Å². The number of amides is 1. The highest BCUT2D eigenvalue weighted by molar-refractivity contribution is 6.33. The summed E-state index contributed by atoms with van der Waals surface area (Å²) in [7, 11) is 0. The number of hydrogen-bond acceptors (Lipinski definition) is 3. The average Bonchev–Trinajstić information content (AvgIpc) is 2.35. The molecule has 1 aromatic rings. The third-order valence-corrected chi connectivity index (χ3v) is 3.16. The smallest absolute Gasteiger partial charge is 0.226 e. The van der Waals surface area contributed by atoms with Crippen LogP contribution in [-0.2, 0) is 9.53 Å². The number of rotatable bonds is 3. The van der Waals surface area contributed by atoms with Crippen molar-refractivity contribution in [3.63, 3.8) is 0 Å². The molecule has 0 spiro atoms. The van der Waals surface area contributed by atoms with E-state index < -0.39 is 0 Å². The van der Waals surface area contributed by atoms with Gasteiger partial charge >= 0.3 is 0 Å². The third-order valence-electron chi connectivity index (χ3n) is 2.83. The fourth-order valence-electron chi connectivity index (χ4n) is 1.91. The highest BCUT2D eigenvalue weighted by Gasteiger charge is 2.17. The number of anilines is 1. The van der Waals surface area contributed by atoms with Crippen LogP contribution in [0.25, 0.3) is 0 Å². The van der Waals surface area contributed by atoms with E-state index in [0.29, 0.717) is 30.3 Å². The summed E-state index contributed by atoms with van der Waals surface area (Å²) in [4.78, 5) is 11.9. The lowest BCUT2D eigenvalue weighted by molar-refractivity contribution is -0.117. The maximum absolute atomic E-state index is 11.9. The molecule has 1 aromatic carbocycles. The van der Waals surface area contributed by atoms with Crippen LogP contribution >= 0.6 is 24.0 Å². The van der Waals surface area contributed by atoms with Gasteiger partial charge in [0.05, 0.1) is 23.9 Å². The van der Waals surface area contributed by atoms with Gasteiger partial charge in [0.25, 0.3) is 0 Å². The van der Waals surface area contributed by atoms with Gasteiger partial charge in [0.15, 0.2) is 0 Å². The average molecular weight is 305 g/mol. The first-order chi connectivity index (χ1) is 8.65. The highest BCUT2D eigenvalue weighted by Crippen LogP contribution is 2.22. The monoisotopic (exact) mass is 304 g/mol. The van der Waals surface area contributed by atoms with Crippen LogP contribution in [0.3, 0.4) is 0 Å². The Kier molecular flexibility index (Phi) is 6.58. The number of benzene rings is 1. The van der Waals surface area contributed by atoms with Crippen molar-refractivity contribution in [3.05, 3.63) is 28.8 Å². The lowest BCUT2D eigenvalue weighted by Gasteiger charge is -2.23. The van der Waals surface area contributed by atoms with Gasteiger partial charge in [0, 0.05) is 19.0 Å². The van der Waals surface area contributed by atoms with Gasteiger partial charge < -0.3 is 15.4 Å². The Morgan fingerprint density at radius 2 is 2.37 bits per heavy atom. The van der Waals surface area contributed by atoms with Crippen molar-refractivity contribution in [1.29, 1.82) is 0 Å². The fraction of sp³-hybridized carbons (Fsp3) is 0.462. The molecule has 1 fully saturated rings. The first-order valence-corrected chi connectivity index (χ1v) is 6.40. The number of carbonyl (C=O) groups excluding carboxylic acids is 1. The standard InChI is InChI=1S/C13H17ClN2O2.ClH/c1-9-2-3-11(14)12(6-9)16-13(17)7-10-8-18-5-4-15-10;/h2-3,6,10,15H,4-5,7-8H2,1H3,(H,16,17);1H. The second-order valence-corrected chi connectivity index (χ2v) is 4.87. The summed E-state index contributed by atoms with van der Waals surface area (Å²) in [6.07, 6.45) is 0.393. The second kappa shape index (κ2) is 7.70. The molecule has 1 amide bonds. The SMILES string of the molecule is Cc1ccc(Cl)c(NC(=O)CC2COCCN2)c1.Cl. The molecule has 6 heteroatoms. The number of carbonyl (C=O) groups is 1. The van der Waals surface area contributed by atoms with Crippen LogP contribution in [0, 0.1) is 6.92 Å². The van der Waals surface area contributed by atoms with E-state index in [1.165, 1.54) is 0 Å². The minimum absolute atomic E-state index is 0. The van der Waals surface area contributed by atoms with Crippen molar-refractivity contribution in [2.45, 2.75) is 19.4 Å². The van der Waals surface area contributed by atoms with Gasteiger partial charge in [0.1, 0.15) is 0 Å². The van der Waals surface area contributed by atoms with E-state index >= 15 is 0 Å². The van der Waals surface area contributed by atoms with Gasteiger partial charge in [-0.15, -0.1) is 12.4 Å². The predicted molar refractivity (Wildman–Crippen MR) is 79.3 cm³/mol. The Bertz CT molecular complexity index is 435. The number of aryl methyl sites for hydroxylation is 1. The normalized spacial score (nSPS) is 18.5. The molecule has 0 saturated carbocycles. The summed E-state index contributed by atoms with van der Waals surface area (Å²) in [6.45, 7) is 4.04. The molecule has 1 aliphatic heterocycles. The summed E-state index contributed by atoms with van der Waals surface area (Å²) in [5, 5.41) is 6.63. The number of ether oxygens (including phenoxy) is 1. The van der Waals surface area contributed by atoms with Crippen molar-refractivity contribution in [3.8, 4) is 0 Å². The molecule has 4 nitrogen and oxygen atoms in total. The van der Waals surface area contributed by atoms with E-state index in [1.807, 2.05) is 19.1 Å². The fourth-order valence-corrected chi connectivity index (χ4v) is 2.08. The molecule has 0 aromatic heterocycles. The first-order valence-electron chi connectivity index (χ1n) is 6.02. The predicted octanol–water partition coefficient (Wildman–Crippen LogP) is 2.39. The molecule has 0 radical (unpaired) electrons. The van der Waals surface area contributed by atoms with Crippen LogP contribution < -0.4 is 10.6 Å². The minimum Gasteiger partial charge on any atom is -0.378 e. The zero-order valence-corrected chi connectivity index (χ0v) is 12.3. The first kappa shape index (κ1) is 16.2. The molecule has 0 aliphatic carbocycles. The summed E-state index contributed by atoms with van der Waals surface area (Å²) in [5.41, 5.74) is 1.73. The summed E-state index contributed by atoms with van der Waals surface area (Å²) in [5.74, 6) is -0.0505. The van der Waals surface area contributed by atoms with Gasteiger partial charge in [-0.1, -0.05) is 17.7 Å². The molecule has 1 unspecified atom stereocenters.